The third kappa shape index (κ3) is 4.67. The number of hydrogen-bond donors (Lipinski definition) is 1. The molecule has 88 valence electrons. The minimum atomic E-state index is 0.0812. The monoisotopic (exact) mass is 210 g/mol. The van der Waals surface area contributed by atoms with Crippen LogP contribution in [0.25, 0.3) is 0 Å². The first-order chi connectivity index (χ1) is 6.68. The molecule has 0 bridgehead atoms. The number of nitrogens with one attached hydrogen (secondary N) is 1. The number of nitrogens with zero attached hydrogens (tertiary/aromatic N) is 1. The van der Waals surface area contributed by atoms with E-state index < -0.39 is 0 Å². The lowest BCUT2D eigenvalue weighted by Gasteiger charge is -2.34. The molecular formula is C13H26N2. The van der Waals surface area contributed by atoms with Gasteiger partial charge in [0.1, 0.15) is 0 Å². The predicted octanol–water partition coefficient (Wildman–Crippen LogP) is 3.58. The van der Waals surface area contributed by atoms with Crippen molar-refractivity contribution >= 4 is 5.71 Å². The molecule has 1 atom stereocenters. The summed E-state index contributed by atoms with van der Waals surface area (Å²) in [5.74, 6) is 0.772. The highest BCUT2D eigenvalue weighted by molar-refractivity contribution is 5.85. The van der Waals surface area contributed by atoms with E-state index in [1.807, 2.05) is 0 Å². The van der Waals surface area contributed by atoms with E-state index in [0.29, 0.717) is 5.41 Å². The van der Waals surface area contributed by atoms with Gasteiger partial charge in [-0.05, 0) is 51.4 Å². The SMILES string of the molecule is CC1CC(=NNC(C)(C)C)CC(C)(C)C1. The van der Waals surface area contributed by atoms with Gasteiger partial charge >= 0.3 is 0 Å². The molecule has 1 aliphatic carbocycles. The van der Waals surface area contributed by atoms with Crippen molar-refractivity contribution in [3.8, 4) is 0 Å². The van der Waals surface area contributed by atoms with E-state index in [1.54, 1.807) is 0 Å². The van der Waals surface area contributed by atoms with Gasteiger partial charge in [0, 0.05) is 11.3 Å². The topological polar surface area (TPSA) is 24.4 Å². The van der Waals surface area contributed by atoms with E-state index in [2.05, 4.69) is 52.1 Å². The minimum absolute atomic E-state index is 0.0812. The van der Waals surface area contributed by atoms with Gasteiger partial charge in [0.05, 0.1) is 0 Å². The van der Waals surface area contributed by atoms with E-state index in [0.717, 1.165) is 18.8 Å². The summed E-state index contributed by atoms with van der Waals surface area (Å²) >= 11 is 0. The lowest BCUT2D eigenvalue weighted by Crippen LogP contribution is -2.35. The Bertz CT molecular complexity index is 246. The van der Waals surface area contributed by atoms with Crippen LogP contribution in [0.15, 0.2) is 5.10 Å². The Labute approximate surface area is 94.5 Å². The molecule has 0 spiro atoms. The second-order valence-corrected chi connectivity index (χ2v) is 6.89. The minimum Gasteiger partial charge on any atom is -0.305 e. The average molecular weight is 210 g/mol. The maximum absolute atomic E-state index is 4.57. The molecule has 15 heavy (non-hydrogen) atoms. The maximum atomic E-state index is 4.57. The second-order valence-electron chi connectivity index (χ2n) is 6.89. The van der Waals surface area contributed by atoms with Gasteiger partial charge in [-0.25, -0.2) is 0 Å². The lowest BCUT2D eigenvalue weighted by molar-refractivity contribution is 0.263. The van der Waals surface area contributed by atoms with Crippen LogP contribution in [0.1, 0.15) is 60.8 Å². The van der Waals surface area contributed by atoms with Crippen LogP contribution in [0.2, 0.25) is 0 Å². The van der Waals surface area contributed by atoms with Crippen molar-refractivity contribution < 1.29 is 0 Å². The fraction of sp³-hybridized carbons (Fsp3) is 0.923. The van der Waals surface area contributed by atoms with Gasteiger partial charge in [0.2, 0.25) is 0 Å². The first-order valence-corrected chi connectivity index (χ1v) is 6.01. The molecule has 0 radical (unpaired) electrons. The van der Waals surface area contributed by atoms with Crippen molar-refractivity contribution in [2.45, 2.75) is 66.3 Å². The molecule has 0 aromatic heterocycles. The molecule has 1 rings (SSSR count). The Hall–Kier alpha value is -0.530. The van der Waals surface area contributed by atoms with Crippen molar-refractivity contribution in [1.29, 1.82) is 0 Å². The highest BCUT2D eigenvalue weighted by Crippen LogP contribution is 2.36. The Morgan fingerprint density at radius 2 is 1.93 bits per heavy atom. The van der Waals surface area contributed by atoms with Crippen molar-refractivity contribution in [2.24, 2.45) is 16.4 Å². The molecule has 0 aromatic rings. The van der Waals surface area contributed by atoms with Crippen LogP contribution in [-0.4, -0.2) is 11.3 Å². The molecule has 2 nitrogen and oxygen atoms in total. The molecule has 2 heteroatoms. The Morgan fingerprint density at radius 3 is 2.40 bits per heavy atom. The van der Waals surface area contributed by atoms with E-state index >= 15 is 0 Å². The van der Waals surface area contributed by atoms with Gasteiger partial charge in [-0.3, -0.25) is 0 Å². The van der Waals surface area contributed by atoms with Crippen LogP contribution < -0.4 is 5.43 Å². The Balaban J connectivity index is 2.62. The van der Waals surface area contributed by atoms with Crippen LogP contribution in [0.5, 0.6) is 0 Å². The predicted molar refractivity (Wildman–Crippen MR) is 67.1 cm³/mol. The summed E-state index contributed by atoms with van der Waals surface area (Å²) in [5.41, 5.74) is 5.09. The van der Waals surface area contributed by atoms with Gasteiger partial charge in [-0.1, -0.05) is 20.8 Å². The molecule has 1 unspecified atom stereocenters. The van der Waals surface area contributed by atoms with Crippen LogP contribution in [0, 0.1) is 11.3 Å². The van der Waals surface area contributed by atoms with E-state index in [9.17, 15) is 0 Å². The molecule has 1 N–H and O–H groups in total. The zero-order valence-electron chi connectivity index (χ0n) is 11.1. The van der Waals surface area contributed by atoms with Gasteiger partial charge in [-0.15, -0.1) is 0 Å². The first kappa shape index (κ1) is 12.5. The summed E-state index contributed by atoms with van der Waals surface area (Å²) < 4.78 is 0. The summed E-state index contributed by atoms with van der Waals surface area (Å²) in [5, 5.41) is 4.57. The number of hydrazone groups is 1. The molecule has 1 aliphatic rings. The quantitative estimate of drug-likeness (QED) is 0.657. The van der Waals surface area contributed by atoms with E-state index in [4.69, 9.17) is 0 Å². The van der Waals surface area contributed by atoms with Crippen molar-refractivity contribution in [1.82, 2.24) is 5.43 Å². The molecule has 1 fully saturated rings. The molecule has 0 aliphatic heterocycles. The van der Waals surface area contributed by atoms with Crippen molar-refractivity contribution in [2.75, 3.05) is 0 Å². The third-order valence-corrected chi connectivity index (χ3v) is 2.72. The highest BCUT2D eigenvalue weighted by atomic mass is 15.3. The van der Waals surface area contributed by atoms with Crippen molar-refractivity contribution in [3.05, 3.63) is 0 Å². The lowest BCUT2D eigenvalue weighted by atomic mass is 9.72. The van der Waals surface area contributed by atoms with Crippen LogP contribution in [0.3, 0.4) is 0 Å². The summed E-state index contributed by atoms with van der Waals surface area (Å²) in [7, 11) is 0. The first-order valence-electron chi connectivity index (χ1n) is 6.01. The smallest absolute Gasteiger partial charge is 0.0464 e. The molecular weight excluding hydrogens is 184 g/mol. The van der Waals surface area contributed by atoms with Gasteiger partial charge < -0.3 is 5.43 Å². The molecule has 0 saturated heterocycles. The fourth-order valence-corrected chi connectivity index (χ4v) is 2.45. The maximum Gasteiger partial charge on any atom is 0.0464 e. The molecule has 1 saturated carbocycles. The van der Waals surface area contributed by atoms with Gasteiger partial charge in [0.25, 0.3) is 0 Å². The second kappa shape index (κ2) is 4.15. The standard InChI is InChI=1S/C13H26N2/c1-10-7-11(9-13(5,6)8-10)14-15-12(2,3)4/h10,15H,7-9H2,1-6H3. The van der Waals surface area contributed by atoms with Crippen LogP contribution >= 0.6 is 0 Å². The zero-order chi connectivity index (χ0) is 11.7. The summed E-state index contributed by atoms with van der Waals surface area (Å²) in [6.45, 7) is 13.5. The number of rotatable bonds is 1. The summed E-state index contributed by atoms with van der Waals surface area (Å²) in [6.07, 6.45) is 3.62. The Morgan fingerprint density at radius 1 is 1.33 bits per heavy atom. The number of hydrogen-bond acceptors (Lipinski definition) is 2. The van der Waals surface area contributed by atoms with E-state index in [1.165, 1.54) is 12.1 Å². The van der Waals surface area contributed by atoms with E-state index in [-0.39, 0.29) is 5.54 Å². The molecule has 0 amide bonds. The molecule has 0 aromatic carbocycles. The van der Waals surface area contributed by atoms with Gasteiger partial charge in [0.15, 0.2) is 0 Å². The van der Waals surface area contributed by atoms with Crippen LogP contribution in [0.4, 0.5) is 0 Å². The third-order valence-electron chi connectivity index (χ3n) is 2.72. The van der Waals surface area contributed by atoms with Crippen molar-refractivity contribution in [3.63, 3.8) is 0 Å². The van der Waals surface area contributed by atoms with Crippen LogP contribution in [-0.2, 0) is 0 Å². The summed E-state index contributed by atoms with van der Waals surface area (Å²) in [6, 6.07) is 0. The molecule has 0 heterocycles. The fourth-order valence-electron chi connectivity index (χ4n) is 2.45. The normalized spacial score (nSPS) is 29.2. The largest absolute Gasteiger partial charge is 0.305 e. The Kier molecular flexibility index (Phi) is 3.47. The zero-order valence-corrected chi connectivity index (χ0v) is 11.1. The average Bonchev–Trinajstić information content (AvgIpc) is 1.95. The van der Waals surface area contributed by atoms with Gasteiger partial charge in [-0.2, -0.15) is 5.10 Å². The summed E-state index contributed by atoms with van der Waals surface area (Å²) in [4.78, 5) is 0. The highest BCUT2D eigenvalue weighted by Gasteiger charge is 2.29.